The zero-order valence-electron chi connectivity index (χ0n) is 15.1. The van der Waals surface area contributed by atoms with E-state index < -0.39 is 0 Å². The van der Waals surface area contributed by atoms with E-state index in [1.165, 1.54) is 0 Å². The molecule has 0 fully saturated rings. The number of rotatable bonds is 6. The van der Waals surface area contributed by atoms with Crippen molar-refractivity contribution >= 4 is 17.4 Å². The first kappa shape index (κ1) is 18.1. The van der Waals surface area contributed by atoms with Crippen LogP contribution in [0.15, 0.2) is 65.7 Å². The fourth-order valence-electron chi connectivity index (χ4n) is 2.74. The molecule has 0 amide bonds. The van der Waals surface area contributed by atoms with Gasteiger partial charge in [-0.15, -0.1) is 0 Å². The van der Waals surface area contributed by atoms with Crippen molar-refractivity contribution in [2.75, 3.05) is 5.32 Å². The number of nitrogens with one attached hydrogen (secondary N) is 1. The van der Waals surface area contributed by atoms with E-state index in [1.54, 1.807) is 36.9 Å². The van der Waals surface area contributed by atoms with Gasteiger partial charge in [0.1, 0.15) is 5.82 Å². The van der Waals surface area contributed by atoms with Gasteiger partial charge in [-0.05, 0) is 31.2 Å². The third-order valence-corrected chi connectivity index (χ3v) is 4.28. The van der Waals surface area contributed by atoms with Crippen molar-refractivity contribution in [2.24, 2.45) is 0 Å². The lowest BCUT2D eigenvalue weighted by molar-refractivity contribution is 0.432. The molecule has 0 aliphatic heterocycles. The SMILES string of the molecule is C[C@H](Cc1cnccn1)Nc1ccc(-c2nc(-c3cccc(Cl)c3)no2)cn1. The highest BCUT2D eigenvalue weighted by molar-refractivity contribution is 6.30. The standard InChI is InChI=1S/C20H17ClN6O/c1-13(9-17-12-22-7-8-23-17)25-18-6-5-15(11-24-18)20-26-19(27-28-20)14-3-2-4-16(21)10-14/h2-8,10-13H,9H2,1H3,(H,24,25)/t13-/m1/s1. The van der Waals surface area contributed by atoms with E-state index in [1.807, 2.05) is 24.3 Å². The number of benzene rings is 1. The molecule has 8 heteroatoms. The molecule has 0 saturated carbocycles. The fraction of sp³-hybridized carbons (Fsp3) is 0.150. The van der Waals surface area contributed by atoms with Crippen LogP contribution in [-0.2, 0) is 6.42 Å². The Hall–Kier alpha value is -3.32. The van der Waals surface area contributed by atoms with Crippen LogP contribution in [0.25, 0.3) is 22.8 Å². The number of pyridine rings is 1. The van der Waals surface area contributed by atoms with Gasteiger partial charge in [0.2, 0.25) is 5.82 Å². The highest BCUT2D eigenvalue weighted by Gasteiger charge is 2.12. The number of aromatic nitrogens is 5. The van der Waals surface area contributed by atoms with Crippen molar-refractivity contribution < 1.29 is 4.52 Å². The van der Waals surface area contributed by atoms with Gasteiger partial charge in [0, 0.05) is 47.8 Å². The molecule has 0 saturated heterocycles. The summed E-state index contributed by atoms with van der Waals surface area (Å²) in [6.45, 7) is 2.07. The summed E-state index contributed by atoms with van der Waals surface area (Å²) in [6, 6.07) is 11.2. The Kier molecular flexibility index (Phi) is 5.25. The molecule has 1 atom stereocenters. The average Bonchev–Trinajstić information content (AvgIpc) is 3.19. The zero-order valence-corrected chi connectivity index (χ0v) is 15.8. The summed E-state index contributed by atoms with van der Waals surface area (Å²) < 4.78 is 5.37. The van der Waals surface area contributed by atoms with Crippen LogP contribution in [-0.4, -0.2) is 31.1 Å². The van der Waals surface area contributed by atoms with Gasteiger partial charge in [-0.1, -0.05) is 28.9 Å². The topological polar surface area (TPSA) is 89.6 Å². The van der Waals surface area contributed by atoms with Crippen LogP contribution in [0.4, 0.5) is 5.82 Å². The third kappa shape index (κ3) is 4.32. The Morgan fingerprint density at radius 2 is 2.00 bits per heavy atom. The van der Waals surface area contributed by atoms with Crippen molar-refractivity contribution in [3.8, 4) is 22.8 Å². The number of hydrogen-bond acceptors (Lipinski definition) is 7. The molecule has 0 aliphatic carbocycles. The molecule has 3 aromatic heterocycles. The molecular formula is C20H17ClN6O. The first-order chi connectivity index (χ1) is 13.7. The molecule has 0 bridgehead atoms. The molecule has 28 heavy (non-hydrogen) atoms. The third-order valence-electron chi connectivity index (χ3n) is 4.05. The molecule has 0 unspecified atom stereocenters. The smallest absolute Gasteiger partial charge is 0.259 e. The van der Waals surface area contributed by atoms with E-state index in [9.17, 15) is 0 Å². The molecule has 1 aromatic carbocycles. The summed E-state index contributed by atoms with van der Waals surface area (Å²) in [5, 5.41) is 7.99. The van der Waals surface area contributed by atoms with Crippen molar-refractivity contribution in [2.45, 2.75) is 19.4 Å². The Bertz CT molecular complexity index is 1050. The minimum atomic E-state index is 0.160. The Balaban J connectivity index is 1.43. The quantitative estimate of drug-likeness (QED) is 0.523. The van der Waals surface area contributed by atoms with Crippen molar-refractivity contribution in [3.05, 3.63) is 71.9 Å². The molecule has 140 valence electrons. The Morgan fingerprint density at radius 3 is 2.75 bits per heavy atom. The van der Waals surface area contributed by atoms with E-state index in [0.29, 0.717) is 16.7 Å². The minimum Gasteiger partial charge on any atom is -0.367 e. The van der Waals surface area contributed by atoms with Crippen molar-refractivity contribution in [3.63, 3.8) is 0 Å². The van der Waals surface area contributed by atoms with Gasteiger partial charge in [-0.3, -0.25) is 9.97 Å². The summed E-state index contributed by atoms with van der Waals surface area (Å²) in [6.07, 6.45) is 7.58. The van der Waals surface area contributed by atoms with Gasteiger partial charge >= 0.3 is 0 Å². The van der Waals surface area contributed by atoms with Crippen molar-refractivity contribution in [1.82, 2.24) is 25.1 Å². The second kappa shape index (κ2) is 8.14. The monoisotopic (exact) mass is 392 g/mol. The van der Waals surface area contributed by atoms with Gasteiger partial charge in [0.25, 0.3) is 5.89 Å². The molecule has 4 aromatic rings. The van der Waals surface area contributed by atoms with Gasteiger partial charge in [0.05, 0.1) is 11.3 Å². The maximum absolute atomic E-state index is 6.02. The molecule has 0 aliphatic rings. The lowest BCUT2D eigenvalue weighted by Crippen LogP contribution is -2.19. The van der Waals surface area contributed by atoms with E-state index in [2.05, 4.69) is 37.3 Å². The lowest BCUT2D eigenvalue weighted by atomic mass is 10.2. The van der Waals surface area contributed by atoms with Gasteiger partial charge in [-0.2, -0.15) is 4.98 Å². The second-order valence-corrected chi connectivity index (χ2v) is 6.75. The molecular weight excluding hydrogens is 376 g/mol. The molecule has 0 spiro atoms. The first-order valence-corrected chi connectivity index (χ1v) is 9.13. The Morgan fingerprint density at radius 1 is 1.07 bits per heavy atom. The fourth-order valence-corrected chi connectivity index (χ4v) is 2.93. The second-order valence-electron chi connectivity index (χ2n) is 6.31. The summed E-state index contributed by atoms with van der Waals surface area (Å²) in [4.78, 5) is 17.2. The van der Waals surface area contributed by atoms with Crippen LogP contribution < -0.4 is 5.32 Å². The lowest BCUT2D eigenvalue weighted by Gasteiger charge is -2.13. The zero-order chi connectivity index (χ0) is 19.3. The molecule has 7 nitrogen and oxygen atoms in total. The molecule has 1 N–H and O–H groups in total. The van der Waals surface area contributed by atoms with Crippen LogP contribution in [0, 0.1) is 0 Å². The van der Waals surface area contributed by atoms with Crippen molar-refractivity contribution in [1.29, 1.82) is 0 Å². The van der Waals surface area contributed by atoms with Gasteiger partial charge < -0.3 is 9.84 Å². The van der Waals surface area contributed by atoms with E-state index in [-0.39, 0.29) is 6.04 Å². The number of nitrogens with zero attached hydrogens (tertiary/aromatic N) is 5. The van der Waals surface area contributed by atoms with Crippen LogP contribution >= 0.6 is 11.6 Å². The Labute approximate surface area is 166 Å². The maximum atomic E-state index is 6.02. The largest absolute Gasteiger partial charge is 0.367 e. The van der Waals surface area contributed by atoms with Crippen LogP contribution in [0.1, 0.15) is 12.6 Å². The van der Waals surface area contributed by atoms with E-state index in [0.717, 1.165) is 29.1 Å². The highest BCUT2D eigenvalue weighted by atomic mass is 35.5. The minimum absolute atomic E-state index is 0.160. The van der Waals surface area contributed by atoms with E-state index in [4.69, 9.17) is 16.1 Å². The predicted octanol–water partition coefficient (Wildman–Crippen LogP) is 4.29. The molecule has 0 radical (unpaired) electrons. The van der Waals surface area contributed by atoms with Gasteiger partial charge in [-0.25, -0.2) is 4.98 Å². The predicted molar refractivity (Wildman–Crippen MR) is 107 cm³/mol. The maximum Gasteiger partial charge on any atom is 0.259 e. The van der Waals surface area contributed by atoms with Crippen LogP contribution in [0.3, 0.4) is 0 Å². The van der Waals surface area contributed by atoms with Gasteiger partial charge in [0.15, 0.2) is 0 Å². The first-order valence-electron chi connectivity index (χ1n) is 8.75. The number of anilines is 1. The summed E-state index contributed by atoms with van der Waals surface area (Å²) in [5.74, 6) is 1.65. The van der Waals surface area contributed by atoms with E-state index >= 15 is 0 Å². The number of hydrogen-bond donors (Lipinski definition) is 1. The summed E-state index contributed by atoms with van der Waals surface area (Å²) in [7, 11) is 0. The average molecular weight is 393 g/mol. The molecule has 3 heterocycles. The number of halogens is 1. The summed E-state index contributed by atoms with van der Waals surface area (Å²) >= 11 is 6.02. The normalized spacial score (nSPS) is 11.9. The van der Waals surface area contributed by atoms with Crippen LogP contribution in [0.2, 0.25) is 5.02 Å². The summed E-state index contributed by atoms with van der Waals surface area (Å²) in [5.41, 5.74) is 2.47. The molecule has 4 rings (SSSR count). The highest BCUT2D eigenvalue weighted by Crippen LogP contribution is 2.24. The van der Waals surface area contributed by atoms with Crippen LogP contribution in [0.5, 0.6) is 0 Å².